The van der Waals surface area contributed by atoms with Gasteiger partial charge in [0.25, 0.3) is 0 Å². The van der Waals surface area contributed by atoms with Gasteiger partial charge < -0.3 is 15.4 Å². The molecular formula is C17H25F3IN3O. The molecule has 1 aromatic rings. The molecule has 1 aromatic carbocycles. The van der Waals surface area contributed by atoms with Gasteiger partial charge in [0.05, 0.1) is 31.4 Å². The van der Waals surface area contributed by atoms with Crippen molar-refractivity contribution >= 4 is 29.9 Å². The Bertz CT molecular complexity index is 589. The first-order valence-corrected chi connectivity index (χ1v) is 8.03. The van der Waals surface area contributed by atoms with Crippen molar-refractivity contribution in [1.82, 2.24) is 10.6 Å². The van der Waals surface area contributed by atoms with E-state index in [2.05, 4.69) is 22.5 Å². The zero-order chi connectivity index (χ0) is 17.8. The van der Waals surface area contributed by atoms with Crippen LogP contribution in [0.2, 0.25) is 0 Å². The van der Waals surface area contributed by atoms with E-state index in [1.165, 1.54) is 12.1 Å². The van der Waals surface area contributed by atoms with Gasteiger partial charge in [0, 0.05) is 12.0 Å². The highest BCUT2D eigenvalue weighted by Crippen LogP contribution is 2.30. The molecule has 0 bridgehead atoms. The van der Waals surface area contributed by atoms with Gasteiger partial charge in [0.1, 0.15) is 0 Å². The number of ether oxygens (including phenoxy) is 1. The lowest BCUT2D eigenvalue weighted by atomic mass is 9.89. The fourth-order valence-corrected chi connectivity index (χ4v) is 2.40. The molecule has 1 atom stereocenters. The van der Waals surface area contributed by atoms with E-state index in [-0.39, 0.29) is 35.4 Å². The minimum absolute atomic E-state index is 0. The summed E-state index contributed by atoms with van der Waals surface area (Å²) < 4.78 is 43.7. The van der Waals surface area contributed by atoms with E-state index >= 15 is 0 Å². The highest BCUT2D eigenvalue weighted by atomic mass is 127. The lowest BCUT2D eigenvalue weighted by molar-refractivity contribution is -0.137. The standard InChI is InChI=1S/C17H24F3N3O.HI/c1-4-21-15(22-9-16(3)10-24-11-16)23-12(2)13-6-5-7-14(8-13)17(18,19)20;/h5-8,12H,4,9-11H2,1-3H3,(H2,21,22,23);1H. The molecule has 1 fully saturated rings. The Morgan fingerprint density at radius 2 is 2.04 bits per heavy atom. The third-order valence-electron chi connectivity index (χ3n) is 3.93. The number of guanidine groups is 1. The molecule has 1 aliphatic heterocycles. The molecule has 0 amide bonds. The molecule has 1 saturated heterocycles. The predicted molar refractivity (Wildman–Crippen MR) is 103 cm³/mol. The van der Waals surface area contributed by atoms with Crippen molar-refractivity contribution in [2.24, 2.45) is 10.4 Å². The molecule has 0 aliphatic carbocycles. The Hall–Kier alpha value is -1.03. The van der Waals surface area contributed by atoms with Crippen molar-refractivity contribution in [3.8, 4) is 0 Å². The second-order valence-electron chi connectivity index (χ2n) is 6.49. The van der Waals surface area contributed by atoms with E-state index in [0.29, 0.717) is 37.8 Å². The minimum atomic E-state index is -4.34. The van der Waals surface area contributed by atoms with Crippen LogP contribution in [0.25, 0.3) is 0 Å². The Labute approximate surface area is 163 Å². The summed E-state index contributed by atoms with van der Waals surface area (Å²) in [6.45, 7) is 8.50. The number of nitrogens with one attached hydrogen (secondary N) is 2. The summed E-state index contributed by atoms with van der Waals surface area (Å²) in [5.41, 5.74) is -0.0368. The van der Waals surface area contributed by atoms with Gasteiger partial charge in [-0.15, -0.1) is 24.0 Å². The van der Waals surface area contributed by atoms with Gasteiger partial charge in [0.15, 0.2) is 5.96 Å². The monoisotopic (exact) mass is 471 g/mol. The highest BCUT2D eigenvalue weighted by molar-refractivity contribution is 14.0. The second-order valence-corrected chi connectivity index (χ2v) is 6.49. The average Bonchev–Trinajstić information content (AvgIpc) is 2.50. The van der Waals surface area contributed by atoms with Crippen LogP contribution in [0.3, 0.4) is 0 Å². The van der Waals surface area contributed by atoms with E-state index in [1.54, 1.807) is 6.07 Å². The summed E-state index contributed by atoms with van der Waals surface area (Å²) in [4.78, 5) is 4.54. The number of benzene rings is 1. The van der Waals surface area contributed by atoms with Crippen LogP contribution in [0.15, 0.2) is 29.3 Å². The summed E-state index contributed by atoms with van der Waals surface area (Å²) >= 11 is 0. The Kier molecular flexibility index (Phi) is 7.98. The van der Waals surface area contributed by atoms with Crippen LogP contribution in [0, 0.1) is 5.41 Å². The number of hydrogen-bond donors (Lipinski definition) is 2. The summed E-state index contributed by atoms with van der Waals surface area (Å²) in [5, 5.41) is 6.29. The molecule has 2 N–H and O–H groups in total. The zero-order valence-electron chi connectivity index (χ0n) is 14.6. The Balaban J connectivity index is 0.00000312. The van der Waals surface area contributed by atoms with Gasteiger partial charge in [-0.3, -0.25) is 4.99 Å². The topological polar surface area (TPSA) is 45.7 Å². The first kappa shape index (κ1) is 22.0. The van der Waals surface area contributed by atoms with Crippen LogP contribution in [-0.2, 0) is 10.9 Å². The fraction of sp³-hybridized carbons (Fsp3) is 0.588. The van der Waals surface area contributed by atoms with Crippen LogP contribution in [0.4, 0.5) is 13.2 Å². The number of aliphatic imine (C=N–C) groups is 1. The normalized spacial score (nSPS) is 17.9. The molecule has 2 rings (SSSR count). The van der Waals surface area contributed by atoms with Crippen molar-refractivity contribution in [2.45, 2.75) is 33.0 Å². The number of halogens is 4. The van der Waals surface area contributed by atoms with E-state index in [4.69, 9.17) is 4.74 Å². The van der Waals surface area contributed by atoms with Gasteiger partial charge in [0.2, 0.25) is 0 Å². The molecule has 0 saturated carbocycles. The van der Waals surface area contributed by atoms with E-state index in [0.717, 1.165) is 6.07 Å². The molecule has 1 heterocycles. The molecule has 25 heavy (non-hydrogen) atoms. The number of alkyl halides is 3. The van der Waals surface area contributed by atoms with E-state index in [1.807, 2.05) is 13.8 Å². The van der Waals surface area contributed by atoms with Gasteiger partial charge in [-0.05, 0) is 31.5 Å². The quantitative estimate of drug-likeness (QED) is 0.388. The van der Waals surface area contributed by atoms with Crippen LogP contribution in [0.1, 0.15) is 37.9 Å². The summed E-state index contributed by atoms with van der Waals surface area (Å²) in [6, 6.07) is 5.05. The van der Waals surface area contributed by atoms with Gasteiger partial charge in [-0.1, -0.05) is 19.1 Å². The van der Waals surface area contributed by atoms with Crippen molar-refractivity contribution in [1.29, 1.82) is 0 Å². The predicted octanol–water partition coefficient (Wildman–Crippen LogP) is 3.98. The first-order valence-electron chi connectivity index (χ1n) is 8.03. The van der Waals surface area contributed by atoms with Crippen molar-refractivity contribution in [3.63, 3.8) is 0 Å². The lowest BCUT2D eigenvalue weighted by Crippen LogP contribution is -2.44. The molecule has 8 heteroatoms. The maximum absolute atomic E-state index is 12.8. The van der Waals surface area contributed by atoms with E-state index < -0.39 is 11.7 Å². The summed E-state index contributed by atoms with van der Waals surface area (Å²) in [5.74, 6) is 0.593. The number of nitrogens with zero attached hydrogens (tertiary/aromatic N) is 1. The number of hydrogen-bond acceptors (Lipinski definition) is 2. The Morgan fingerprint density at radius 1 is 1.36 bits per heavy atom. The van der Waals surface area contributed by atoms with Crippen molar-refractivity contribution in [3.05, 3.63) is 35.4 Å². The SMILES string of the molecule is CCNC(=NCC1(C)COC1)NC(C)c1cccc(C(F)(F)F)c1.I. The maximum atomic E-state index is 12.8. The fourth-order valence-electron chi connectivity index (χ4n) is 2.40. The van der Waals surface area contributed by atoms with Crippen molar-refractivity contribution in [2.75, 3.05) is 26.3 Å². The van der Waals surface area contributed by atoms with Gasteiger partial charge in [-0.25, -0.2) is 0 Å². The van der Waals surface area contributed by atoms with Gasteiger partial charge >= 0.3 is 6.18 Å². The average molecular weight is 471 g/mol. The molecule has 4 nitrogen and oxygen atoms in total. The smallest absolute Gasteiger partial charge is 0.380 e. The van der Waals surface area contributed by atoms with Crippen LogP contribution >= 0.6 is 24.0 Å². The second kappa shape index (κ2) is 9.07. The summed E-state index contributed by atoms with van der Waals surface area (Å²) in [6.07, 6.45) is -4.34. The molecule has 0 spiro atoms. The third kappa shape index (κ3) is 6.32. The van der Waals surface area contributed by atoms with E-state index in [9.17, 15) is 13.2 Å². The Morgan fingerprint density at radius 3 is 2.56 bits per heavy atom. The zero-order valence-corrected chi connectivity index (χ0v) is 16.9. The largest absolute Gasteiger partial charge is 0.416 e. The molecule has 1 unspecified atom stereocenters. The molecule has 1 aliphatic rings. The van der Waals surface area contributed by atoms with Crippen LogP contribution in [0.5, 0.6) is 0 Å². The van der Waals surface area contributed by atoms with Crippen LogP contribution in [-0.4, -0.2) is 32.3 Å². The number of rotatable bonds is 5. The highest BCUT2D eigenvalue weighted by Gasteiger charge is 2.33. The molecule has 142 valence electrons. The minimum Gasteiger partial charge on any atom is -0.380 e. The first-order chi connectivity index (χ1) is 11.2. The van der Waals surface area contributed by atoms with Crippen LogP contribution < -0.4 is 10.6 Å². The summed E-state index contributed by atoms with van der Waals surface area (Å²) in [7, 11) is 0. The molecular weight excluding hydrogens is 446 g/mol. The van der Waals surface area contributed by atoms with Gasteiger partial charge in [-0.2, -0.15) is 13.2 Å². The molecule has 0 radical (unpaired) electrons. The molecule has 0 aromatic heterocycles. The third-order valence-corrected chi connectivity index (χ3v) is 3.93. The lowest BCUT2D eigenvalue weighted by Gasteiger charge is -2.36. The van der Waals surface area contributed by atoms with Crippen molar-refractivity contribution < 1.29 is 17.9 Å². The maximum Gasteiger partial charge on any atom is 0.416 e.